The highest BCUT2D eigenvalue weighted by atomic mass is 19.4. The highest BCUT2D eigenvalue weighted by Crippen LogP contribution is 2.31. The van der Waals surface area contributed by atoms with Crippen molar-refractivity contribution in [3.05, 3.63) is 93.2 Å². The number of H-pyrrole nitrogens is 1. The summed E-state index contributed by atoms with van der Waals surface area (Å²) in [5, 5.41) is 2.14. The van der Waals surface area contributed by atoms with Gasteiger partial charge in [0.25, 0.3) is 11.5 Å². The minimum absolute atomic E-state index is 0.251. The summed E-state index contributed by atoms with van der Waals surface area (Å²) < 4.78 is 108. The van der Waals surface area contributed by atoms with Crippen LogP contribution in [0.3, 0.4) is 0 Å². The van der Waals surface area contributed by atoms with Crippen LogP contribution < -0.4 is 15.6 Å². The predicted octanol–water partition coefficient (Wildman–Crippen LogP) is 4.48. The van der Waals surface area contributed by atoms with Crippen LogP contribution in [0.4, 0.5) is 35.1 Å². The molecular weight excluding hydrogens is 482 g/mol. The molecule has 3 rings (SSSR count). The number of nitrogens with one attached hydrogen (secondary N) is 2. The van der Waals surface area contributed by atoms with Gasteiger partial charge in [-0.15, -0.1) is 13.2 Å². The maximum absolute atomic E-state index is 14.4. The number of amides is 1. The lowest BCUT2D eigenvalue weighted by atomic mass is 10.0. The number of benzene rings is 1. The second-order valence-electron chi connectivity index (χ2n) is 6.64. The van der Waals surface area contributed by atoms with Gasteiger partial charge in [0.2, 0.25) is 0 Å². The summed E-state index contributed by atoms with van der Waals surface area (Å²) in [7, 11) is 0. The van der Waals surface area contributed by atoms with Gasteiger partial charge in [-0.05, 0) is 35.9 Å². The van der Waals surface area contributed by atoms with Gasteiger partial charge in [0, 0.05) is 12.4 Å². The third kappa shape index (κ3) is 5.68. The predicted molar refractivity (Wildman–Crippen MR) is 98.7 cm³/mol. The lowest BCUT2D eigenvalue weighted by Crippen LogP contribution is -2.32. The zero-order valence-electron chi connectivity index (χ0n) is 16.4. The number of hydrogen-bond acceptors (Lipinski definition) is 4. The van der Waals surface area contributed by atoms with Crippen molar-refractivity contribution in [3.63, 3.8) is 0 Å². The van der Waals surface area contributed by atoms with Crippen molar-refractivity contribution in [1.82, 2.24) is 15.3 Å². The lowest BCUT2D eigenvalue weighted by Gasteiger charge is -2.20. The summed E-state index contributed by atoms with van der Waals surface area (Å²) in [6.45, 7) is 0. The molecule has 0 unspecified atom stereocenters. The average molecular weight is 493 g/mol. The van der Waals surface area contributed by atoms with E-state index in [9.17, 15) is 44.7 Å². The quantitative estimate of drug-likeness (QED) is 0.514. The minimum atomic E-state index is -5.20. The Hall–Kier alpha value is -3.97. The Balaban J connectivity index is 2.02. The number of hydrogen-bond donors (Lipinski definition) is 2. The third-order valence-electron chi connectivity index (χ3n) is 4.32. The van der Waals surface area contributed by atoms with Crippen molar-refractivity contribution < 1.29 is 44.7 Å². The molecule has 0 saturated carbocycles. The fraction of sp³-hybridized carbons (Fsp3) is 0.150. The van der Waals surface area contributed by atoms with Crippen molar-refractivity contribution in [2.45, 2.75) is 18.6 Å². The fourth-order valence-corrected chi connectivity index (χ4v) is 2.86. The smallest absolute Gasteiger partial charge is 0.403 e. The molecule has 1 atom stereocenters. The molecule has 0 fully saturated rings. The first-order valence-electron chi connectivity index (χ1n) is 9.02. The van der Waals surface area contributed by atoms with E-state index in [0.29, 0.717) is 18.3 Å². The van der Waals surface area contributed by atoms with E-state index in [1.54, 1.807) is 4.98 Å². The average Bonchev–Trinajstić information content (AvgIpc) is 2.72. The minimum Gasteiger partial charge on any atom is -0.403 e. The molecule has 0 radical (unpaired) electrons. The molecule has 6 nitrogen and oxygen atoms in total. The SMILES string of the molecule is O=C(N[C@@H](c1ccc(OC(F)(F)F)c(F)c1)c1ncccc1F)c1c[nH]c(=O)c(C(F)(F)F)c1. The molecule has 14 heteroatoms. The van der Waals surface area contributed by atoms with Gasteiger partial charge in [-0.3, -0.25) is 14.6 Å². The highest BCUT2D eigenvalue weighted by Gasteiger charge is 2.35. The van der Waals surface area contributed by atoms with E-state index in [-0.39, 0.29) is 11.6 Å². The van der Waals surface area contributed by atoms with Crippen molar-refractivity contribution >= 4 is 5.91 Å². The first-order chi connectivity index (χ1) is 15.8. The summed E-state index contributed by atoms with van der Waals surface area (Å²) in [6, 6.07) is 2.65. The Morgan fingerprint density at radius 2 is 1.74 bits per heavy atom. The normalized spacial score (nSPS) is 12.8. The number of carbonyl (C=O) groups is 1. The topological polar surface area (TPSA) is 84.1 Å². The zero-order valence-corrected chi connectivity index (χ0v) is 16.4. The van der Waals surface area contributed by atoms with Crippen molar-refractivity contribution in [1.29, 1.82) is 0 Å². The molecule has 1 amide bonds. The molecular formula is C20H11F8N3O3. The Morgan fingerprint density at radius 3 is 2.32 bits per heavy atom. The number of halogens is 8. The molecule has 0 aliphatic carbocycles. The summed E-state index contributed by atoms with van der Waals surface area (Å²) in [5.74, 6) is -5.00. The number of pyridine rings is 2. The second kappa shape index (κ2) is 9.11. The molecule has 2 N–H and O–H groups in total. The largest absolute Gasteiger partial charge is 0.573 e. The van der Waals surface area contributed by atoms with Crippen LogP contribution in [-0.2, 0) is 6.18 Å². The number of aromatic amines is 1. The number of alkyl halides is 6. The molecule has 0 aliphatic rings. The van der Waals surface area contributed by atoms with Crippen LogP contribution in [0.1, 0.15) is 33.2 Å². The first-order valence-corrected chi connectivity index (χ1v) is 9.02. The van der Waals surface area contributed by atoms with Crippen LogP contribution >= 0.6 is 0 Å². The Morgan fingerprint density at radius 1 is 1.03 bits per heavy atom. The number of aromatic nitrogens is 2. The molecule has 0 aliphatic heterocycles. The number of rotatable bonds is 5. The molecule has 0 bridgehead atoms. The van der Waals surface area contributed by atoms with E-state index in [1.807, 2.05) is 0 Å². The zero-order chi connectivity index (χ0) is 25.3. The van der Waals surface area contributed by atoms with Crippen LogP contribution in [0.5, 0.6) is 5.75 Å². The third-order valence-corrected chi connectivity index (χ3v) is 4.32. The van der Waals surface area contributed by atoms with E-state index >= 15 is 0 Å². The second-order valence-corrected chi connectivity index (χ2v) is 6.64. The van der Waals surface area contributed by atoms with E-state index in [0.717, 1.165) is 18.3 Å². The van der Waals surface area contributed by atoms with Gasteiger partial charge in [-0.25, -0.2) is 8.78 Å². The molecule has 34 heavy (non-hydrogen) atoms. The molecule has 2 aromatic heterocycles. The number of ether oxygens (including phenoxy) is 1. The summed E-state index contributed by atoms with van der Waals surface area (Å²) >= 11 is 0. The summed E-state index contributed by atoms with van der Waals surface area (Å²) in [4.78, 5) is 29.5. The van der Waals surface area contributed by atoms with Crippen molar-refractivity contribution in [2.24, 2.45) is 0 Å². The van der Waals surface area contributed by atoms with E-state index in [2.05, 4.69) is 15.0 Å². The monoisotopic (exact) mass is 493 g/mol. The van der Waals surface area contributed by atoms with Crippen LogP contribution in [0, 0.1) is 11.6 Å². The van der Waals surface area contributed by atoms with Gasteiger partial charge in [0.15, 0.2) is 11.6 Å². The first kappa shape index (κ1) is 24.7. The van der Waals surface area contributed by atoms with Gasteiger partial charge in [0.05, 0.1) is 11.6 Å². The summed E-state index contributed by atoms with van der Waals surface area (Å²) in [6.07, 6.45) is -8.53. The molecule has 180 valence electrons. The van der Waals surface area contributed by atoms with Gasteiger partial charge in [-0.2, -0.15) is 13.2 Å². The van der Waals surface area contributed by atoms with Crippen LogP contribution in [-0.4, -0.2) is 22.2 Å². The number of carbonyl (C=O) groups excluding carboxylic acids is 1. The molecule has 1 aromatic carbocycles. The van der Waals surface area contributed by atoms with Crippen LogP contribution in [0.15, 0.2) is 53.6 Å². The molecule has 0 spiro atoms. The Kier molecular flexibility index (Phi) is 6.61. The van der Waals surface area contributed by atoms with Crippen LogP contribution in [0.25, 0.3) is 0 Å². The molecule has 3 aromatic rings. The standard InChI is InChI=1S/C20H11F8N3O3/c21-12-2-1-5-29-16(12)15(9-3-4-14(13(22)7-9)34-20(26,27)28)31-17(32)10-6-11(19(23,24)25)18(33)30-8-10/h1-8,15H,(H,30,33)(H,31,32)/t15-/m0/s1. The van der Waals surface area contributed by atoms with Gasteiger partial charge < -0.3 is 15.0 Å². The van der Waals surface area contributed by atoms with E-state index in [4.69, 9.17) is 0 Å². The van der Waals surface area contributed by atoms with Gasteiger partial charge in [0.1, 0.15) is 17.1 Å². The number of nitrogens with zero attached hydrogens (tertiary/aromatic N) is 1. The van der Waals surface area contributed by atoms with Crippen molar-refractivity contribution in [3.8, 4) is 5.75 Å². The molecule has 0 saturated heterocycles. The lowest BCUT2D eigenvalue weighted by molar-refractivity contribution is -0.275. The van der Waals surface area contributed by atoms with Crippen molar-refractivity contribution in [2.75, 3.05) is 0 Å². The van der Waals surface area contributed by atoms with Gasteiger partial charge in [-0.1, -0.05) is 6.07 Å². The Bertz CT molecular complexity index is 1270. The summed E-state index contributed by atoms with van der Waals surface area (Å²) in [5.41, 5.74) is -4.71. The Labute approximate surface area is 184 Å². The van der Waals surface area contributed by atoms with Crippen LogP contribution in [0.2, 0.25) is 0 Å². The highest BCUT2D eigenvalue weighted by molar-refractivity contribution is 5.94. The maximum atomic E-state index is 14.4. The van der Waals surface area contributed by atoms with E-state index in [1.165, 1.54) is 6.07 Å². The molecule has 2 heterocycles. The van der Waals surface area contributed by atoms with E-state index < -0.39 is 64.3 Å². The maximum Gasteiger partial charge on any atom is 0.573 e. The van der Waals surface area contributed by atoms with Gasteiger partial charge >= 0.3 is 12.5 Å². The fourth-order valence-electron chi connectivity index (χ4n) is 2.86.